The van der Waals surface area contributed by atoms with Crippen LogP contribution in [0.4, 0.5) is 0 Å². The molecule has 1 aliphatic carbocycles. The highest BCUT2D eigenvalue weighted by molar-refractivity contribution is 5.69. The fraction of sp³-hybridized carbons (Fsp3) is 0.455. The molecule has 0 unspecified atom stereocenters. The van der Waals surface area contributed by atoms with Gasteiger partial charge in [0.25, 0.3) is 0 Å². The van der Waals surface area contributed by atoms with Crippen LogP contribution in [0.3, 0.4) is 0 Å². The molecule has 0 saturated heterocycles. The number of hydrogen-bond donors (Lipinski definition) is 0. The number of fused-ring (bicyclic) bond motifs is 1. The molecule has 1 atom stereocenters. The lowest BCUT2D eigenvalue weighted by atomic mass is 9.83. The Morgan fingerprint density at radius 3 is 2.35 bits per heavy atom. The second-order valence-electron chi connectivity index (χ2n) is 6.74. The van der Waals surface area contributed by atoms with Crippen LogP contribution in [0.1, 0.15) is 44.2 Å². The molecule has 2 aromatic carbocycles. The Labute approximate surface area is 141 Å². The molecule has 2 aromatic rings. The van der Waals surface area contributed by atoms with Crippen molar-refractivity contribution in [2.75, 3.05) is 13.1 Å². The Kier molecular flexibility index (Phi) is 5.51. The van der Waals surface area contributed by atoms with Crippen molar-refractivity contribution in [2.45, 2.75) is 52.0 Å². The average Bonchev–Trinajstić information content (AvgIpc) is 2.61. The highest BCUT2D eigenvalue weighted by Crippen LogP contribution is 2.33. The molecule has 0 amide bonds. The summed E-state index contributed by atoms with van der Waals surface area (Å²) in [6.07, 6.45) is 6.25. The molecule has 0 bridgehead atoms. The van der Waals surface area contributed by atoms with Crippen molar-refractivity contribution < 1.29 is 0 Å². The zero-order valence-electron chi connectivity index (χ0n) is 14.6. The van der Waals surface area contributed by atoms with Gasteiger partial charge in [-0.1, -0.05) is 62.4 Å². The fourth-order valence-electron chi connectivity index (χ4n) is 4.02. The second kappa shape index (κ2) is 7.79. The third-order valence-electron chi connectivity index (χ3n) is 5.08. The van der Waals surface area contributed by atoms with Gasteiger partial charge in [0.1, 0.15) is 0 Å². The lowest BCUT2D eigenvalue weighted by Crippen LogP contribution is -2.40. The van der Waals surface area contributed by atoms with E-state index in [1.165, 1.54) is 56.3 Å². The number of aryl methyl sites for hydroxylation is 1. The van der Waals surface area contributed by atoms with Crippen molar-refractivity contribution in [1.29, 1.82) is 0 Å². The van der Waals surface area contributed by atoms with E-state index in [-0.39, 0.29) is 0 Å². The van der Waals surface area contributed by atoms with Gasteiger partial charge in [0.15, 0.2) is 0 Å². The van der Waals surface area contributed by atoms with Gasteiger partial charge in [0.05, 0.1) is 0 Å². The first-order chi connectivity index (χ1) is 11.3. The minimum Gasteiger partial charge on any atom is -0.300 e. The molecule has 0 aliphatic heterocycles. The number of hydrogen-bond acceptors (Lipinski definition) is 1. The lowest BCUT2D eigenvalue weighted by Gasteiger charge is -2.36. The summed E-state index contributed by atoms with van der Waals surface area (Å²) in [5.41, 5.74) is 5.96. The van der Waals surface area contributed by atoms with E-state index < -0.39 is 0 Å². The van der Waals surface area contributed by atoms with Crippen LogP contribution in [0.5, 0.6) is 0 Å². The third kappa shape index (κ3) is 3.67. The molecule has 0 heterocycles. The predicted molar refractivity (Wildman–Crippen MR) is 99.8 cm³/mol. The molecule has 1 nitrogen and oxygen atoms in total. The normalized spacial score (nSPS) is 17.3. The molecule has 0 N–H and O–H groups in total. The molecular weight excluding hydrogens is 278 g/mol. The molecule has 0 aromatic heterocycles. The van der Waals surface area contributed by atoms with Gasteiger partial charge >= 0.3 is 0 Å². The molecule has 0 radical (unpaired) electrons. The summed E-state index contributed by atoms with van der Waals surface area (Å²) >= 11 is 0. The van der Waals surface area contributed by atoms with Crippen molar-refractivity contribution in [1.82, 2.24) is 4.90 Å². The molecular formula is C22H29N. The zero-order chi connectivity index (χ0) is 16.1. The maximum Gasteiger partial charge on any atom is 0.0139 e. The third-order valence-corrected chi connectivity index (χ3v) is 5.08. The van der Waals surface area contributed by atoms with E-state index in [0.717, 1.165) is 0 Å². The van der Waals surface area contributed by atoms with E-state index in [4.69, 9.17) is 0 Å². The maximum atomic E-state index is 2.73. The van der Waals surface area contributed by atoms with Crippen molar-refractivity contribution >= 4 is 0 Å². The molecule has 1 heteroatoms. The summed E-state index contributed by atoms with van der Waals surface area (Å²) in [6, 6.07) is 18.5. The van der Waals surface area contributed by atoms with Crippen LogP contribution in [0.25, 0.3) is 11.1 Å². The summed E-state index contributed by atoms with van der Waals surface area (Å²) < 4.78 is 0. The highest BCUT2D eigenvalue weighted by Gasteiger charge is 2.25. The summed E-state index contributed by atoms with van der Waals surface area (Å²) in [5, 5.41) is 0. The van der Waals surface area contributed by atoms with Crippen molar-refractivity contribution in [3.05, 3.63) is 59.7 Å². The van der Waals surface area contributed by atoms with Gasteiger partial charge in [-0.15, -0.1) is 0 Å². The van der Waals surface area contributed by atoms with Gasteiger partial charge in [0, 0.05) is 6.04 Å². The minimum atomic E-state index is 0.715. The predicted octanol–water partition coefficient (Wildman–Crippen LogP) is 5.33. The van der Waals surface area contributed by atoms with Crippen molar-refractivity contribution in [3.8, 4) is 11.1 Å². The first-order valence-electron chi connectivity index (χ1n) is 9.23. The van der Waals surface area contributed by atoms with Gasteiger partial charge in [-0.3, -0.25) is 0 Å². The largest absolute Gasteiger partial charge is 0.300 e. The van der Waals surface area contributed by atoms with Gasteiger partial charge in [-0.05, 0) is 67.4 Å². The summed E-state index contributed by atoms with van der Waals surface area (Å²) in [4.78, 5) is 2.73. The van der Waals surface area contributed by atoms with E-state index in [0.29, 0.717) is 6.04 Å². The van der Waals surface area contributed by atoms with Crippen molar-refractivity contribution in [3.63, 3.8) is 0 Å². The standard InChI is InChI=1S/C22H29N/c1-3-15-23(16-4-2)20-14-13-19-11-8-12-21(22(19)17-20)18-9-6-5-7-10-18/h5-12,20H,3-4,13-17H2,1-2H3/t20-/m1/s1. The summed E-state index contributed by atoms with van der Waals surface area (Å²) in [5.74, 6) is 0. The molecule has 0 fully saturated rings. The molecule has 3 rings (SSSR count). The van der Waals surface area contributed by atoms with E-state index in [2.05, 4.69) is 67.3 Å². The first kappa shape index (κ1) is 16.3. The summed E-state index contributed by atoms with van der Waals surface area (Å²) in [7, 11) is 0. The maximum absolute atomic E-state index is 2.73. The van der Waals surface area contributed by atoms with Crippen LogP contribution in [0.2, 0.25) is 0 Å². The second-order valence-corrected chi connectivity index (χ2v) is 6.74. The highest BCUT2D eigenvalue weighted by atomic mass is 15.1. The Morgan fingerprint density at radius 2 is 1.65 bits per heavy atom. The van der Waals surface area contributed by atoms with Crippen LogP contribution in [-0.4, -0.2) is 24.0 Å². The van der Waals surface area contributed by atoms with Crippen molar-refractivity contribution in [2.24, 2.45) is 0 Å². The summed E-state index contributed by atoms with van der Waals surface area (Å²) in [6.45, 7) is 7.08. The molecule has 0 saturated carbocycles. The van der Waals surface area contributed by atoms with E-state index >= 15 is 0 Å². The Hall–Kier alpha value is -1.60. The topological polar surface area (TPSA) is 3.24 Å². The van der Waals surface area contributed by atoms with E-state index in [9.17, 15) is 0 Å². The van der Waals surface area contributed by atoms with E-state index in [1.807, 2.05) is 0 Å². The van der Waals surface area contributed by atoms with Crippen LogP contribution < -0.4 is 0 Å². The Morgan fingerprint density at radius 1 is 0.913 bits per heavy atom. The quantitative estimate of drug-likeness (QED) is 0.697. The Balaban J connectivity index is 1.90. The molecule has 1 aliphatic rings. The zero-order valence-corrected chi connectivity index (χ0v) is 14.6. The average molecular weight is 307 g/mol. The van der Waals surface area contributed by atoms with Crippen LogP contribution in [0, 0.1) is 0 Å². The number of benzene rings is 2. The van der Waals surface area contributed by atoms with Crippen LogP contribution >= 0.6 is 0 Å². The SMILES string of the molecule is CCCN(CCC)[C@@H]1CCc2cccc(-c3ccccc3)c2C1. The first-order valence-corrected chi connectivity index (χ1v) is 9.23. The Bertz CT molecular complexity index is 611. The monoisotopic (exact) mass is 307 g/mol. The van der Waals surface area contributed by atoms with Crippen LogP contribution in [-0.2, 0) is 12.8 Å². The molecule has 122 valence electrons. The number of rotatable bonds is 6. The smallest absolute Gasteiger partial charge is 0.0139 e. The fourth-order valence-corrected chi connectivity index (χ4v) is 4.02. The van der Waals surface area contributed by atoms with E-state index in [1.54, 1.807) is 11.1 Å². The van der Waals surface area contributed by atoms with Gasteiger partial charge < -0.3 is 4.90 Å². The number of nitrogens with zero attached hydrogens (tertiary/aromatic N) is 1. The van der Waals surface area contributed by atoms with Crippen LogP contribution in [0.15, 0.2) is 48.5 Å². The minimum absolute atomic E-state index is 0.715. The lowest BCUT2D eigenvalue weighted by molar-refractivity contribution is 0.180. The molecule has 0 spiro atoms. The van der Waals surface area contributed by atoms with Gasteiger partial charge in [-0.2, -0.15) is 0 Å². The van der Waals surface area contributed by atoms with Gasteiger partial charge in [-0.25, -0.2) is 0 Å². The molecule has 23 heavy (non-hydrogen) atoms. The van der Waals surface area contributed by atoms with Gasteiger partial charge in [0.2, 0.25) is 0 Å².